The molecule has 1 aromatic heterocycles. The van der Waals surface area contributed by atoms with E-state index >= 15 is 0 Å². The second-order valence-electron chi connectivity index (χ2n) is 4.56. The SMILES string of the molecule is CCC(=CC(=NO)C(=O)NCc1cccnc1)C(C)[N+](=O)[O-]. The zero-order valence-electron chi connectivity index (χ0n) is 12.4. The van der Waals surface area contributed by atoms with Crippen molar-refractivity contribution in [3.8, 4) is 0 Å². The normalized spacial score (nSPS) is 13.5. The summed E-state index contributed by atoms with van der Waals surface area (Å²) in [6.07, 6.45) is 4.82. The lowest BCUT2D eigenvalue weighted by Crippen LogP contribution is -2.30. The highest BCUT2D eigenvalue weighted by molar-refractivity contribution is 6.43. The van der Waals surface area contributed by atoms with Gasteiger partial charge in [0.2, 0.25) is 6.04 Å². The number of aromatic nitrogens is 1. The molecule has 1 atom stereocenters. The first kappa shape index (κ1) is 17.3. The maximum atomic E-state index is 12.0. The van der Waals surface area contributed by atoms with Crippen molar-refractivity contribution in [1.29, 1.82) is 0 Å². The van der Waals surface area contributed by atoms with Crippen molar-refractivity contribution in [3.63, 3.8) is 0 Å². The first-order valence-electron chi connectivity index (χ1n) is 6.72. The molecule has 1 amide bonds. The van der Waals surface area contributed by atoms with Crippen LogP contribution in [0.25, 0.3) is 0 Å². The van der Waals surface area contributed by atoms with Crippen molar-refractivity contribution in [2.24, 2.45) is 5.16 Å². The van der Waals surface area contributed by atoms with Crippen molar-refractivity contribution < 1.29 is 14.9 Å². The molecular weight excluding hydrogens is 288 g/mol. The molecule has 0 spiro atoms. The smallest absolute Gasteiger partial charge is 0.273 e. The number of hydrogen-bond donors (Lipinski definition) is 2. The van der Waals surface area contributed by atoms with Gasteiger partial charge in [-0.05, 0) is 24.1 Å². The molecule has 0 radical (unpaired) electrons. The Morgan fingerprint density at radius 3 is 2.86 bits per heavy atom. The molecule has 0 aromatic carbocycles. The summed E-state index contributed by atoms with van der Waals surface area (Å²) in [6, 6.07) is 2.56. The highest BCUT2D eigenvalue weighted by atomic mass is 16.6. The number of carbonyl (C=O) groups is 1. The number of nitrogens with one attached hydrogen (secondary N) is 1. The topological polar surface area (TPSA) is 118 Å². The monoisotopic (exact) mass is 306 g/mol. The van der Waals surface area contributed by atoms with Crippen LogP contribution in [0.4, 0.5) is 0 Å². The Bertz CT molecular complexity index is 584. The second kappa shape index (κ2) is 8.50. The van der Waals surface area contributed by atoms with E-state index in [-0.39, 0.29) is 12.3 Å². The summed E-state index contributed by atoms with van der Waals surface area (Å²) in [6.45, 7) is 3.36. The molecule has 8 nitrogen and oxygen atoms in total. The number of nitro groups is 1. The molecule has 0 aliphatic heterocycles. The lowest BCUT2D eigenvalue weighted by atomic mass is 10.0. The number of nitrogens with zero attached hydrogens (tertiary/aromatic N) is 3. The zero-order valence-corrected chi connectivity index (χ0v) is 12.4. The van der Waals surface area contributed by atoms with Crippen LogP contribution in [-0.2, 0) is 11.3 Å². The van der Waals surface area contributed by atoms with Gasteiger partial charge in [-0.15, -0.1) is 0 Å². The van der Waals surface area contributed by atoms with Gasteiger partial charge >= 0.3 is 0 Å². The molecule has 1 unspecified atom stereocenters. The van der Waals surface area contributed by atoms with E-state index in [0.717, 1.165) is 5.56 Å². The first-order chi connectivity index (χ1) is 10.5. The summed E-state index contributed by atoms with van der Waals surface area (Å²) in [5.74, 6) is -0.618. The highest BCUT2D eigenvalue weighted by Crippen LogP contribution is 2.10. The predicted molar refractivity (Wildman–Crippen MR) is 80.1 cm³/mol. The van der Waals surface area contributed by atoms with Crippen molar-refractivity contribution in [2.75, 3.05) is 0 Å². The molecule has 0 saturated carbocycles. The number of amides is 1. The van der Waals surface area contributed by atoms with Gasteiger partial charge in [0.25, 0.3) is 5.91 Å². The third-order valence-electron chi connectivity index (χ3n) is 3.10. The van der Waals surface area contributed by atoms with Gasteiger partial charge in [-0.25, -0.2) is 0 Å². The second-order valence-corrected chi connectivity index (χ2v) is 4.56. The molecule has 0 bridgehead atoms. The Hall–Kier alpha value is -2.77. The van der Waals surface area contributed by atoms with Gasteiger partial charge in [-0.1, -0.05) is 18.1 Å². The van der Waals surface area contributed by atoms with Crippen LogP contribution >= 0.6 is 0 Å². The van der Waals surface area contributed by atoms with Crippen LogP contribution in [0.15, 0.2) is 41.3 Å². The number of rotatable bonds is 7. The molecular formula is C14H18N4O4. The molecule has 1 aromatic rings. The summed E-state index contributed by atoms with van der Waals surface area (Å²) in [4.78, 5) is 26.2. The minimum atomic E-state index is -0.951. The van der Waals surface area contributed by atoms with E-state index in [1.54, 1.807) is 31.5 Å². The van der Waals surface area contributed by atoms with Crippen molar-refractivity contribution in [3.05, 3.63) is 51.9 Å². The van der Waals surface area contributed by atoms with E-state index in [0.29, 0.717) is 12.0 Å². The van der Waals surface area contributed by atoms with Crippen LogP contribution in [0, 0.1) is 10.1 Å². The van der Waals surface area contributed by atoms with E-state index in [1.807, 2.05) is 0 Å². The third-order valence-corrected chi connectivity index (χ3v) is 3.10. The molecule has 1 heterocycles. The maximum Gasteiger partial charge on any atom is 0.273 e. The molecule has 2 N–H and O–H groups in total. The average molecular weight is 306 g/mol. The Morgan fingerprint density at radius 2 is 2.36 bits per heavy atom. The van der Waals surface area contributed by atoms with Gasteiger partial charge in [-0.3, -0.25) is 19.9 Å². The molecule has 8 heteroatoms. The molecule has 0 fully saturated rings. The zero-order chi connectivity index (χ0) is 16.5. The first-order valence-corrected chi connectivity index (χ1v) is 6.72. The summed E-state index contributed by atoms with van der Waals surface area (Å²) >= 11 is 0. The third kappa shape index (κ3) is 4.97. The fourth-order valence-corrected chi connectivity index (χ4v) is 1.74. The minimum Gasteiger partial charge on any atom is -0.410 e. The van der Waals surface area contributed by atoms with Crippen LogP contribution in [-0.4, -0.2) is 32.8 Å². The van der Waals surface area contributed by atoms with Gasteiger partial charge < -0.3 is 10.5 Å². The van der Waals surface area contributed by atoms with Gasteiger partial charge in [0.05, 0.1) is 0 Å². The molecule has 0 aliphatic rings. The lowest BCUT2D eigenvalue weighted by Gasteiger charge is -2.08. The Morgan fingerprint density at radius 1 is 1.64 bits per heavy atom. The molecule has 1 rings (SSSR count). The van der Waals surface area contributed by atoms with Crippen LogP contribution < -0.4 is 5.32 Å². The average Bonchev–Trinajstić information content (AvgIpc) is 2.54. The highest BCUT2D eigenvalue weighted by Gasteiger charge is 2.20. The van der Waals surface area contributed by atoms with Crippen molar-refractivity contribution in [1.82, 2.24) is 10.3 Å². The Labute approximate surface area is 127 Å². The number of hydrogen-bond acceptors (Lipinski definition) is 6. The van der Waals surface area contributed by atoms with E-state index in [9.17, 15) is 14.9 Å². The van der Waals surface area contributed by atoms with Crippen LogP contribution in [0.2, 0.25) is 0 Å². The summed E-state index contributed by atoms with van der Waals surface area (Å²) in [7, 11) is 0. The van der Waals surface area contributed by atoms with Crippen LogP contribution in [0.1, 0.15) is 25.8 Å². The van der Waals surface area contributed by atoms with Gasteiger partial charge in [-0.2, -0.15) is 0 Å². The van der Waals surface area contributed by atoms with E-state index < -0.39 is 16.9 Å². The quantitative estimate of drug-likeness (QED) is 0.343. The predicted octanol–water partition coefficient (Wildman–Crippen LogP) is 1.53. The van der Waals surface area contributed by atoms with Crippen molar-refractivity contribution in [2.45, 2.75) is 32.9 Å². The molecule has 22 heavy (non-hydrogen) atoms. The number of oxime groups is 1. The Balaban J connectivity index is 2.78. The largest absolute Gasteiger partial charge is 0.410 e. The summed E-state index contributed by atoms with van der Waals surface area (Å²) in [5.41, 5.74) is 0.912. The Kier molecular flexibility index (Phi) is 6.68. The molecule has 118 valence electrons. The van der Waals surface area contributed by atoms with Crippen molar-refractivity contribution >= 4 is 11.6 Å². The van der Waals surface area contributed by atoms with Gasteiger partial charge in [0.15, 0.2) is 5.71 Å². The standard InChI is InChI=1S/C14H18N4O4/c1-3-12(10(2)18(21)22)7-13(17-20)14(19)16-9-11-5-4-6-15-8-11/h4-8,10,20H,3,9H2,1-2H3,(H,16,19). The molecule has 0 aliphatic carbocycles. The van der Waals surface area contributed by atoms with E-state index in [1.165, 1.54) is 13.0 Å². The summed E-state index contributed by atoms with van der Waals surface area (Å²) < 4.78 is 0. The maximum absolute atomic E-state index is 12.0. The fourth-order valence-electron chi connectivity index (χ4n) is 1.74. The minimum absolute atomic E-state index is 0.214. The summed E-state index contributed by atoms with van der Waals surface area (Å²) in [5, 5.41) is 25.2. The number of carbonyl (C=O) groups excluding carboxylic acids is 1. The van der Waals surface area contributed by atoms with Gasteiger partial charge in [0, 0.05) is 36.4 Å². The van der Waals surface area contributed by atoms with Gasteiger partial charge in [0.1, 0.15) is 0 Å². The van der Waals surface area contributed by atoms with Crippen LogP contribution in [0.5, 0.6) is 0 Å². The number of pyridine rings is 1. The lowest BCUT2D eigenvalue weighted by molar-refractivity contribution is -0.507. The van der Waals surface area contributed by atoms with E-state index in [4.69, 9.17) is 5.21 Å². The van der Waals surface area contributed by atoms with Crippen LogP contribution in [0.3, 0.4) is 0 Å². The van der Waals surface area contributed by atoms with E-state index in [2.05, 4.69) is 15.5 Å². The molecule has 0 saturated heterocycles. The fraction of sp³-hybridized carbons (Fsp3) is 0.357.